The molecule has 0 aliphatic carbocycles. The highest BCUT2D eigenvalue weighted by Crippen LogP contribution is 2.31. The fraction of sp³-hybridized carbons (Fsp3) is 0. The molecule has 0 bridgehead atoms. The van der Waals surface area contributed by atoms with E-state index < -0.39 is 26.5 Å². The molecule has 0 saturated heterocycles. The Hall–Kier alpha value is -1.60. The van der Waals surface area contributed by atoms with E-state index in [0.29, 0.717) is 0 Å². The van der Waals surface area contributed by atoms with Crippen molar-refractivity contribution in [1.82, 2.24) is 0 Å². The third kappa shape index (κ3) is 2.71. The van der Waals surface area contributed by atoms with Gasteiger partial charge in [-0.15, -0.1) is 0 Å². The van der Waals surface area contributed by atoms with Crippen molar-refractivity contribution in [2.45, 2.75) is 4.90 Å². The van der Waals surface area contributed by atoms with Crippen molar-refractivity contribution in [1.29, 1.82) is 0 Å². The Morgan fingerprint density at radius 2 is 1.64 bits per heavy atom. The largest absolute Gasteiger partial charge is 0.504 e. The second-order valence-electron chi connectivity index (χ2n) is 2.10. The molecule has 0 aliphatic heterocycles. The van der Waals surface area contributed by atoms with E-state index in [1.807, 2.05) is 6.79 Å². The number of para-hydroxylation sites is 1. The molecule has 0 amide bonds. The highest BCUT2D eigenvalue weighted by atomic mass is 32.2. The van der Waals surface area contributed by atoms with Crippen molar-refractivity contribution in [2.24, 2.45) is 0 Å². The van der Waals surface area contributed by atoms with Crippen LogP contribution in [0.1, 0.15) is 0 Å². The molecule has 6 nitrogen and oxygen atoms in total. The predicted molar refractivity (Wildman–Crippen MR) is 46.7 cm³/mol. The number of rotatable bonds is 1. The van der Waals surface area contributed by atoms with Gasteiger partial charge in [0, 0.05) is 0 Å². The van der Waals surface area contributed by atoms with Crippen molar-refractivity contribution in [3.63, 3.8) is 0 Å². The minimum atomic E-state index is -4.47. The van der Waals surface area contributed by atoms with Gasteiger partial charge in [-0.1, -0.05) is 6.07 Å². The van der Waals surface area contributed by atoms with Crippen molar-refractivity contribution in [2.75, 3.05) is 0 Å². The summed E-state index contributed by atoms with van der Waals surface area (Å²) in [6, 6.07) is 3.27. The molecule has 14 heavy (non-hydrogen) atoms. The summed E-state index contributed by atoms with van der Waals surface area (Å²) in [4.78, 5) is 7.29. The van der Waals surface area contributed by atoms with Gasteiger partial charge in [-0.25, -0.2) is 0 Å². The number of phenols is 2. The topological polar surface area (TPSA) is 112 Å². The van der Waals surface area contributed by atoms with Crippen LogP contribution >= 0.6 is 0 Å². The lowest BCUT2D eigenvalue weighted by Gasteiger charge is -2.01. The Morgan fingerprint density at radius 3 is 2.00 bits per heavy atom. The fourth-order valence-electron chi connectivity index (χ4n) is 0.719. The normalized spacial score (nSPS) is 10.1. The summed E-state index contributed by atoms with van der Waals surface area (Å²) in [6.45, 7) is 2.00. The number of hydrogen-bond donors (Lipinski definition) is 3. The molecule has 78 valence electrons. The standard InChI is InChI=1S/C6H6O5S.CH2O/c7-4-2-1-3-5(6(4)8)12(9,10)11;1-2/h1-3,7-8H,(H,9,10,11);1H2. The summed E-state index contributed by atoms with van der Waals surface area (Å²) in [5, 5.41) is 17.8. The lowest BCUT2D eigenvalue weighted by atomic mass is 10.3. The molecular weight excluding hydrogens is 212 g/mol. The molecule has 0 aliphatic rings. The molecule has 3 N–H and O–H groups in total. The summed E-state index contributed by atoms with van der Waals surface area (Å²) in [7, 11) is -4.47. The average Bonchev–Trinajstić information content (AvgIpc) is 2.11. The predicted octanol–water partition coefficient (Wildman–Crippen LogP) is 0.160. The summed E-state index contributed by atoms with van der Waals surface area (Å²) >= 11 is 0. The third-order valence-electron chi connectivity index (χ3n) is 1.26. The average molecular weight is 220 g/mol. The first-order valence-electron chi connectivity index (χ1n) is 3.20. The molecule has 0 atom stereocenters. The Morgan fingerprint density at radius 1 is 1.14 bits per heavy atom. The van der Waals surface area contributed by atoms with E-state index in [4.69, 9.17) is 19.6 Å². The van der Waals surface area contributed by atoms with E-state index in [0.717, 1.165) is 12.1 Å². The van der Waals surface area contributed by atoms with Crippen LogP contribution in [0.4, 0.5) is 0 Å². The molecule has 0 saturated carbocycles. The first kappa shape index (κ1) is 12.4. The minimum Gasteiger partial charge on any atom is -0.504 e. The van der Waals surface area contributed by atoms with Gasteiger partial charge >= 0.3 is 0 Å². The number of carbonyl (C=O) groups excluding carboxylic acids is 1. The monoisotopic (exact) mass is 220 g/mol. The van der Waals surface area contributed by atoms with Gasteiger partial charge in [0.1, 0.15) is 11.7 Å². The zero-order chi connectivity index (χ0) is 11.4. The van der Waals surface area contributed by atoms with E-state index in [2.05, 4.69) is 0 Å². The van der Waals surface area contributed by atoms with Gasteiger partial charge in [0.25, 0.3) is 10.1 Å². The zero-order valence-electron chi connectivity index (χ0n) is 6.91. The van der Waals surface area contributed by atoms with Gasteiger partial charge in [0.15, 0.2) is 11.5 Å². The van der Waals surface area contributed by atoms with Crippen LogP contribution in [0.3, 0.4) is 0 Å². The molecule has 1 rings (SSSR count). The second kappa shape index (κ2) is 4.58. The number of aromatic hydroxyl groups is 2. The van der Waals surface area contributed by atoms with E-state index >= 15 is 0 Å². The van der Waals surface area contributed by atoms with Crippen LogP contribution in [-0.2, 0) is 14.9 Å². The van der Waals surface area contributed by atoms with Gasteiger partial charge in [0.05, 0.1) is 0 Å². The Labute approximate surface area is 80.2 Å². The van der Waals surface area contributed by atoms with Gasteiger partial charge < -0.3 is 15.0 Å². The van der Waals surface area contributed by atoms with Crippen LogP contribution in [0, 0.1) is 0 Å². The molecule has 7 heteroatoms. The van der Waals surface area contributed by atoms with Crippen molar-refractivity contribution in [3.8, 4) is 11.5 Å². The van der Waals surface area contributed by atoms with Crippen LogP contribution in [-0.4, -0.2) is 30.0 Å². The van der Waals surface area contributed by atoms with Gasteiger partial charge in [-0.2, -0.15) is 8.42 Å². The van der Waals surface area contributed by atoms with Crippen molar-refractivity contribution >= 4 is 16.9 Å². The SMILES string of the molecule is C=O.O=S(=O)(O)c1cccc(O)c1O. The van der Waals surface area contributed by atoms with Crippen LogP contribution in [0.15, 0.2) is 23.1 Å². The number of benzene rings is 1. The van der Waals surface area contributed by atoms with Gasteiger partial charge in [-0.3, -0.25) is 4.55 Å². The lowest BCUT2D eigenvalue weighted by Crippen LogP contribution is -1.97. The number of phenolic OH excluding ortho intramolecular Hbond substituents is 2. The molecular formula is C7H8O6S. The Balaban J connectivity index is 0.000000791. The molecule has 0 unspecified atom stereocenters. The number of carbonyl (C=O) groups is 1. The summed E-state index contributed by atoms with van der Waals surface area (Å²) in [5.74, 6) is -1.44. The zero-order valence-corrected chi connectivity index (χ0v) is 7.73. The number of hydrogen-bond acceptors (Lipinski definition) is 5. The maximum Gasteiger partial charge on any atom is 0.298 e. The molecule has 1 aromatic rings. The maximum atomic E-state index is 10.5. The molecule has 0 heterocycles. The molecule has 1 aromatic carbocycles. The summed E-state index contributed by atoms with van der Waals surface area (Å²) in [5.41, 5.74) is 0. The van der Waals surface area contributed by atoms with E-state index in [-0.39, 0.29) is 0 Å². The maximum absolute atomic E-state index is 10.5. The first-order chi connectivity index (χ1) is 6.43. The minimum absolute atomic E-state index is 0.592. The molecule has 0 aromatic heterocycles. The van der Waals surface area contributed by atoms with Crippen molar-refractivity contribution < 1.29 is 28.0 Å². The lowest BCUT2D eigenvalue weighted by molar-refractivity contribution is -0.0979. The van der Waals surface area contributed by atoms with Crippen LogP contribution in [0.5, 0.6) is 11.5 Å². The Kier molecular flexibility index (Phi) is 4.06. The van der Waals surface area contributed by atoms with E-state index in [1.165, 1.54) is 6.07 Å². The smallest absolute Gasteiger partial charge is 0.298 e. The van der Waals surface area contributed by atoms with Crippen LogP contribution in [0.25, 0.3) is 0 Å². The quantitative estimate of drug-likeness (QED) is 0.459. The second-order valence-corrected chi connectivity index (χ2v) is 3.49. The van der Waals surface area contributed by atoms with Gasteiger partial charge in [-0.05, 0) is 12.1 Å². The first-order valence-corrected chi connectivity index (χ1v) is 4.64. The molecule has 0 spiro atoms. The fourth-order valence-corrected chi connectivity index (χ4v) is 1.32. The van der Waals surface area contributed by atoms with Crippen LogP contribution in [0.2, 0.25) is 0 Å². The van der Waals surface area contributed by atoms with Crippen LogP contribution < -0.4 is 0 Å². The van der Waals surface area contributed by atoms with Crippen molar-refractivity contribution in [3.05, 3.63) is 18.2 Å². The van der Waals surface area contributed by atoms with Gasteiger partial charge in [0.2, 0.25) is 0 Å². The highest BCUT2D eigenvalue weighted by molar-refractivity contribution is 7.86. The highest BCUT2D eigenvalue weighted by Gasteiger charge is 2.16. The van der Waals surface area contributed by atoms with E-state index in [9.17, 15) is 8.42 Å². The summed E-state index contributed by atoms with van der Waals surface area (Å²) in [6.07, 6.45) is 0. The third-order valence-corrected chi connectivity index (χ3v) is 2.14. The molecule has 0 fully saturated rings. The summed E-state index contributed by atoms with van der Waals surface area (Å²) < 4.78 is 29.5. The Bertz CT molecular complexity index is 410. The van der Waals surface area contributed by atoms with E-state index in [1.54, 1.807) is 0 Å². The molecule has 0 radical (unpaired) electrons.